The number of hydrazone groups is 1. The molecule has 0 saturated carbocycles. The molecule has 3 aromatic carbocycles. The maximum absolute atomic E-state index is 12.9. The van der Waals surface area contributed by atoms with Gasteiger partial charge in [0.25, 0.3) is 0 Å². The summed E-state index contributed by atoms with van der Waals surface area (Å²) in [4.78, 5) is 24.1. The van der Waals surface area contributed by atoms with E-state index in [4.69, 9.17) is 4.42 Å². The molecule has 0 aliphatic heterocycles. The number of carbonyl (C=O) groups is 1. The average molecular weight is 479 g/mol. The summed E-state index contributed by atoms with van der Waals surface area (Å²) in [5.41, 5.74) is 7.14. The highest BCUT2D eigenvalue weighted by Gasteiger charge is 2.17. The molecule has 0 bridgehead atoms. The zero-order chi connectivity index (χ0) is 25.1. The summed E-state index contributed by atoms with van der Waals surface area (Å²) in [5.74, 6) is -1.01. The monoisotopic (exact) mass is 478 g/mol. The van der Waals surface area contributed by atoms with E-state index in [0.717, 1.165) is 23.1 Å². The molecule has 5 rings (SSSR count). The molecule has 36 heavy (non-hydrogen) atoms. The van der Waals surface area contributed by atoms with Gasteiger partial charge in [0.15, 0.2) is 0 Å². The third kappa shape index (κ3) is 4.52. The number of fused-ring (bicyclic) bond motifs is 1. The summed E-state index contributed by atoms with van der Waals surface area (Å²) in [7, 11) is 0. The normalized spacial score (nSPS) is 11.2. The lowest BCUT2D eigenvalue weighted by Crippen LogP contribution is -2.05. The molecule has 2 heterocycles. The first-order chi connectivity index (χ1) is 17.5. The van der Waals surface area contributed by atoms with Crippen LogP contribution in [0.3, 0.4) is 0 Å². The van der Waals surface area contributed by atoms with Gasteiger partial charge < -0.3 is 9.52 Å². The first kappa shape index (κ1) is 22.8. The molecule has 2 aromatic heterocycles. The summed E-state index contributed by atoms with van der Waals surface area (Å²) in [6.45, 7) is 2.07. The van der Waals surface area contributed by atoms with E-state index in [2.05, 4.69) is 22.5 Å². The molecule has 0 amide bonds. The number of hydrogen-bond acceptors (Lipinski definition) is 6. The number of carboxylic acid groups (broad SMARTS) is 1. The molecule has 8 heteroatoms. The molecule has 178 valence electrons. The van der Waals surface area contributed by atoms with Gasteiger partial charge in [-0.25, -0.2) is 14.3 Å². The predicted molar refractivity (Wildman–Crippen MR) is 139 cm³/mol. The van der Waals surface area contributed by atoms with Crippen LogP contribution in [0, 0.1) is 0 Å². The Morgan fingerprint density at radius 2 is 1.83 bits per heavy atom. The van der Waals surface area contributed by atoms with Gasteiger partial charge in [0, 0.05) is 17.1 Å². The molecular weight excluding hydrogens is 456 g/mol. The van der Waals surface area contributed by atoms with Gasteiger partial charge in [0.1, 0.15) is 11.3 Å². The summed E-state index contributed by atoms with van der Waals surface area (Å²) in [6.07, 6.45) is 4.19. The third-order valence-corrected chi connectivity index (χ3v) is 5.80. The van der Waals surface area contributed by atoms with E-state index < -0.39 is 11.6 Å². The van der Waals surface area contributed by atoms with E-state index in [1.54, 1.807) is 47.4 Å². The Labute approximate surface area is 206 Å². The molecule has 0 radical (unpaired) electrons. The molecule has 2 N–H and O–H groups in total. The molecule has 0 atom stereocenters. The fraction of sp³-hybridized carbons (Fsp3) is 0.0714. The van der Waals surface area contributed by atoms with Gasteiger partial charge in [-0.15, -0.1) is 0 Å². The van der Waals surface area contributed by atoms with Crippen LogP contribution in [0.4, 0.5) is 5.69 Å². The lowest BCUT2D eigenvalue weighted by atomic mass is 10.1. The highest BCUT2D eigenvalue weighted by molar-refractivity contribution is 5.91. The number of para-hydroxylation sites is 2. The smallest absolute Gasteiger partial charge is 0.345 e. The van der Waals surface area contributed by atoms with E-state index in [0.29, 0.717) is 28.1 Å². The summed E-state index contributed by atoms with van der Waals surface area (Å²) < 4.78 is 7.11. The Morgan fingerprint density at radius 3 is 2.61 bits per heavy atom. The number of rotatable bonds is 7. The Balaban J connectivity index is 1.59. The van der Waals surface area contributed by atoms with Crippen molar-refractivity contribution in [3.8, 4) is 16.9 Å². The topological polar surface area (TPSA) is 110 Å². The fourth-order valence-corrected chi connectivity index (χ4v) is 3.92. The van der Waals surface area contributed by atoms with Crippen LogP contribution in [0.25, 0.3) is 27.9 Å². The van der Waals surface area contributed by atoms with Crippen LogP contribution in [-0.2, 0) is 6.42 Å². The highest BCUT2D eigenvalue weighted by Crippen LogP contribution is 2.24. The molecule has 8 nitrogen and oxygen atoms in total. The Bertz CT molecular complexity index is 1650. The molecule has 0 aliphatic carbocycles. The molecular formula is C28H22N4O4. The number of nitrogens with zero attached hydrogens (tertiary/aromatic N) is 3. The number of aryl methyl sites for hydroxylation is 1. The van der Waals surface area contributed by atoms with Crippen molar-refractivity contribution < 1.29 is 14.3 Å². The third-order valence-electron chi connectivity index (χ3n) is 5.80. The van der Waals surface area contributed by atoms with E-state index >= 15 is 0 Å². The number of benzene rings is 3. The molecule has 0 unspecified atom stereocenters. The lowest BCUT2D eigenvalue weighted by molar-refractivity contribution is 0.0697. The molecule has 0 fully saturated rings. The largest absolute Gasteiger partial charge is 0.478 e. The van der Waals surface area contributed by atoms with Crippen molar-refractivity contribution >= 4 is 28.8 Å². The minimum atomic E-state index is -1.01. The van der Waals surface area contributed by atoms with Crippen molar-refractivity contribution in [3.05, 3.63) is 112 Å². The minimum Gasteiger partial charge on any atom is -0.478 e. The zero-order valence-electron chi connectivity index (χ0n) is 19.4. The van der Waals surface area contributed by atoms with Crippen molar-refractivity contribution in [2.45, 2.75) is 13.3 Å². The Kier molecular flexibility index (Phi) is 6.15. The van der Waals surface area contributed by atoms with Crippen LogP contribution < -0.4 is 11.1 Å². The van der Waals surface area contributed by atoms with Crippen LogP contribution in [0.5, 0.6) is 0 Å². The van der Waals surface area contributed by atoms with E-state index in [9.17, 15) is 14.7 Å². The summed E-state index contributed by atoms with van der Waals surface area (Å²) >= 11 is 0. The van der Waals surface area contributed by atoms with Gasteiger partial charge >= 0.3 is 11.6 Å². The first-order valence-corrected chi connectivity index (χ1v) is 11.4. The van der Waals surface area contributed by atoms with E-state index in [1.165, 1.54) is 12.1 Å². The molecule has 0 saturated heterocycles. The lowest BCUT2D eigenvalue weighted by Gasteiger charge is -2.05. The van der Waals surface area contributed by atoms with Crippen molar-refractivity contribution in [2.24, 2.45) is 5.10 Å². The summed E-state index contributed by atoms with van der Waals surface area (Å²) in [5, 5.41) is 19.0. The van der Waals surface area contributed by atoms with Gasteiger partial charge in [-0.1, -0.05) is 43.3 Å². The van der Waals surface area contributed by atoms with Crippen molar-refractivity contribution in [2.75, 3.05) is 5.43 Å². The van der Waals surface area contributed by atoms with Gasteiger partial charge in [-0.3, -0.25) is 5.43 Å². The van der Waals surface area contributed by atoms with Crippen LogP contribution in [0.1, 0.15) is 28.4 Å². The SMILES string of the molecule is CCc1ccccc1N/N=C/c1cn(-c2ccc(C(=O)O)cc2)nc1-c1cc2ccccc2oc1=O. The van der Waals surface area contributed by atoms with Crippen molar-refractivity contribution in [1.29, 1.82) is 0 Å². The van der Waals surface area contributed by atoms with Gasteiger partial charge in [0.2, 0.25) is 0 Å². The Morgan fingerprint density at radius 1 is 1.08 bits per heavy atom. The van der Waals surface area contributed by atoms with Crippen molar-refractivity contribution in [1.82, 2.24) is 9.78 Å². The van der Waals surface area contributed by atoms with E-state index in [1.807, 2.05) is 36.4 Å². The highest BCUT2D eigenvalue weighted by atomic mass is 16.4. The number of nitrogens with one attached hydrogen (secondary N) is 1. The van der Waals surface area contributed by atoms with Crippen LogP contribution in [-0.4, -0.2) is 27.1 Å². The van der Waals surface area contributed by atoms with Crippen LogP contribution >= 0.6 is 0 Å². The van der Waals surface area contributed by atoms with Crippen LogP contribution in [0.2, 0.25) is 0 Å². The first-order valence-electron chi connectivity index (χ1n) is 11.4. The van der Waals surface area contributed by atoms with E-state index in [-0.39, 0.29) is 5.56 Å². The van der Waals surface area contributed by atoms with Gasteiger partial charge in [-0.05, 0) is 54.4 Å². The van der Waals surface area contributed by atoms with Crippen molar-refractivity contribution in [3.63, 3.8) is 0 Å². The molecule has 0 spiro atoms. The number of aromatic carboxylic acids is 1. The second-order valence-corrected chi connectivity index (χ2v) is 8.10. The van der Waals surface area contributed by atoms with Crippen LogP contribution in [0.15, 0.2) is 99.4 Å². The predicted octanol–water partition coefficient (Wildman–Crippen LogP) is 5.35. The minimum absolute atomic E-state index is 0.168. The maximum atomic E-state index is 12.9. The number of anilines is 1. The maximum Gasteiger partial charge on any atom is 0.345 e. The molecule has 0 aliphatic rings. The second-order valence-electron chi connectivity index (χ2n) is 8.10. The average Bonchev–Trinajstić information content (AvgIpc) is 3.32. The quantitative estimate of drug-likeness (QED) is 0.185. The van der Waals surface area contributed by atoms with Gasteiger partial charge in [-0.2, -0.15) is 10.2 Å². The number of aromatic nitrogens is 2. The van der Waals surface area contributed by atoms with Gasteiger partial charge in [0.05, 0.1) is 28.7 Å². The molecule has 5 aromatic rings. The number of carboxylic acids is 1. The fourth-order valence-electron chi connectivity index (χ4n) is 3.92. The second kappa shape index (κ2) is 9.71. The zero-order valence-corrected chi connectivity index (χ0v) is 19.4. The number of hydrogen-bond donors (Lipinski definition) is 2. The standard InChI is InChI=1S/C28H22N4O4/c1-2-18-7-3-5-9-24(18)30-29-16-21-17-32(22-13-11-19(12-14-22)27(33)34)31-26(21)23-15-20-8-4-6-10-25(20)36-28(23)35/h3-17,30H,2H2,1H3,(H,33,34)/b29-16+. The Hall–Kier alpha value is -4.98. The summed E-state index contributed by atoms with van der Waals surface area (Å²) in [6, 6.07) is 23.2.